The highest BCUT2D eigenvalue weighted by Crippen LogP contribution is 2.13. The van der Waals surface area contributed by atoms with E-state index in [0.717, 1.165) is 0 Å². The summed E-state index contributed by atoms with van der Waals surface area (Å²) in [5, 5.41) is 9.34. The summed E-state index contributed by atoms with van der Waals surface area (Å²) in [4.78, 5) is 29.7. The molecule has 1 heterocycles. The highest BCUT2D eigenvalue weighted by molar-refractivity contribution is 5.82. The maximum atomic E-state index is 11.8. The Balaban J connectivity index is 2.63. The fourth-order valence-electron chi connectivity index (χ4n) is 1.58. The summed E-state index contributed by atoms with van der Waals surface area (Å²) >= 11 is 0. The summed E-state index contributed by atoms with van der Waals surface area (Å²) in [6.45, 7) is 0. The van der Waals surface area contributed by atoms with Crippen LogP contribution in [0, 0.1) is 11.3 Å². The van der Waals surface area contributed by atoms with E-state index in [0.29, 0.717) is 10.9 Å². The number of methoxy groups -OCH3 is 1. The Labute approximate surface area is 102 Å². The Morgan fingerprint density at radius 2 is 2.22 bits per heavy atom. The van der Waals surface area contributed by atoms with E-state index in [1.165, 1.54) is 7.11 Å². The van der Waals surface area contributed by atoms with Crippen LogP contribution in [0.3, 0.4) is 0 Å². The van der Waals surface area contributed by atoms with Gasteiger partial charge < -0.3 is 9.72 Å². The fraction of sp³-hybridized carbons (Fsp3) is 0.167. The first-order valence-corrected chi connectivity index (χ1v) is 5.13. The van der Waals surface area contributed by atoms with E-state index in [1.807, 2.05) is 0 Å². The van der Waals surface area contributed by atoms with Crippen molar-refractivity contribution in [3.63, 3.8) is 0 Å². The maximum Gasteiger partial charge on any atom is 0.330 e. The van der Waals surface area contributed by atoms with E-state index < -0.39 is 11.9 Å². The first-order valence-electron chi connectivity index (χ1n) is 5.13. The molecule has 0 amide bonds. The van der Waals surface area contributed by atoms with Gasteiger partial charge in [-0.15, -0.1) is 0 Å². The number of H-pyrrole nitrogens is 1. The summed E-state index contributed by atoms with van der Waals surface area (Å²) in [6.07, 6.45) is 0. The van der Waals surface area contributed by atoms with Gasteiger partial charge in [-0.3, -0.25) is 9.59 Å². The van der Waals surface area contributed by atoms with Gasteiger partial charge in [0.25, 0.3) is 5.56 Å². The Hall–Kier alpha value is -2.68. The molecule has 2 rings (SSSR count). The molecule has 2 aromatic rings. The van der Waals surface area contributed by atoms with Gasteiger partial charge in [-0.05, 0) is 12.1 Å². The summed E-state index contributed by atoms with van der Waals surface area (Å²) < 4.78 is 4.49. The highest BCUT2D eigenvalue weighted by Gasteiger charge is 2.24. The molecular formula is C12H9N3O3. The monoisotopic (exact) mass is 243 g/mol. The number of carbonyl (C=O) groups excluding carboxylic acids is 1. The van der Waals surface area contributed by atoms with E-state index in [9.17, 15) is 9.59 Å². The maximum absolute atomic E-state index is 11.8. The minimum atomic E-state index is -1.23. The van der Waals surface area contributed by atoms with Gasteiger partial charge in [0.15, 0.2) is 0 Å². The van der Waals surface area contributed by atoms with Crippen molar-refractivity contribution in [2.45, 2.75) is 5.92 Å². The minimum Gasteiger partial charge on any atom is -0.468 e. The van der Waals surface area contributed by atoms with Crippen LogP contribution >= 0.6 is 0 Å². The molecule has 0 saturated carbocycles. The number of hydrogen-bond acceptors (Lipinski definition) is 5. The molecule has 0 saturated heterocycles. The smallest absolute Gasteiger partial charge is 0.330 e. The Bertz CT molecular complexity index is 700. The molecule has 1 aromatic carbocycles. The second-order valence-electron chi connectivity index (χ2n) is 3.55. The Morgan fingerprint density at radius 3 is 2.89 bits per heavy atom. The van der Waals surface area contributed by atoms with Crippen LogP contribution in [0.15, 0.2) is 29.1 Å². The lowest BCUT2D eigenvalue weighted by Gasteiger charge is -2.06. The quantitative estimate of drug-likeness (QED) is 0.783. The van der Waals surface area contributed by atoms with Crippen LogP contribution in [0.1, 0.15) is 11.7 Å². The lowest BCUT2D eigenvalue weighted by atomic mass is 10.1. The standard InChI is InChI=1S/C12H9N3O3/c1-18-12(17)8(6-13)10-14-9-5-3-2-4-7(9)11(16)15-10/h2-5,8H,1H3,(H,14,15,16). The minimum absolute atomic E-state index is 0.00644. The number of nitrogens with zero attached hydrogens (tertiary/aromatic N) is 2. The first-order chi connectivity index (χ1) is 8.67. The van der Waals surface area contributed by atoms with Gasteiger partial charge >= 0.3 is 5.97 Å². The number of ether oxygens (including phenoxy) is 1. The second-order valence-corrected chi connectivity index (χ2v) is 3.55. The highest BCUT2D eigenvalue weighted by atomic mass is 16.5. The Kier molecular flexibility index (Phi) is 3.06. The second kappa shape index (κ2) is 4.67. The van der Waals surface area contributed by atoms with Crippen molar-refractivity contribution >= 4 is 16.9 Å². The lowest BCUT2D eigenvalue weighted by Crippen LogP contribution is -2.20. The van der Waals surface area contributed by atoms with Crippen LogP contribution in [0.5, 0.6) is 0 Å². The van der Waals surface area contributed by atoms with Gasteiger partial charge in [-0.2, -0.15) is 5.26 Å². The third-order valence-corrected chi connectivity index (χ3v) is 2.47. The predicted octanol–water partition coefficient (Wildman–Crippen LogP) is 0.703. The molecule has 1 unspecified atom stereocenters. The fourth-order valence-corrected chi connectivity index (χ4v) is 1.58. The Morgan fingerprint density at radius 1 is 1.50 bits per heavy atom. The van der Waals surface area contributed by atoms with Gasteiger partial charge in [0.05, 0.1) is 24.1 Å². The van der Waals surface area contributed by atoms with Crippen LogP contribution in [0.25, 0.3) is 10.9 Å². The van der Waals surface area contributed by atoms with Gasteiger partial charge in [-0.1, -0.05) is 12.1 Å². The topological polar surface area (TPSA) is 95.8 Å². The molecule has 6 heteroatoms. The van der Waals surface area contributed by atoms with Crippen LogP contribution in [-0.2, 0) is 9.53 Å². The van der Waals surface area contributed by atoms with Crippen molar-refractivity contribution in [1.82, 2.24) is 9.97 Å². The van der Waals surface area contributed by atoms with Crippen molar-refractivity contribution < 1.29 is 9.53 Å². The first kappa shape index (κ1) is 11.8. The van der Waals surface area contributed by atoms with Crippen LogP contribution in [-0.4, -0.2) is 23.0 Å². The predicted molar refractivity (Wildman–Crippen MR) is 62.7 cm³/mol. The zero-order chi connectivity index (χ0) is 13.1. The summed E-state index contributed by atoms with van der Waals surface area (Å²) in [5.74, 6) is -1.99. The molecule has 0 radical (unpaired) electrons. The van der Waals surface area contributed by atoms with Crippen molar-refractivity contribution in [2.24, 2.45) is 0 Å². The number of aromatic nitrogens is 2. The number of para-hydroxylation sites is 1. The molecule has 0 bridgehead atoms. The SMILES string of the molecule is COC(=O)C(C#N)c1nc2ccccc2c(=O)[nH]1. The average Bonchev–Trinajstić information content (AvgIpc) is 2.39. The number of nitrogens with one attached hydrogen (secondary N) is 1. The zero-order valence-corrected chi connectivity index (χ0v) is 9.51. The number of aromatic amines is 1. The number of benzene rings is 1. The summed E-state index contributed by atoms with van der Waals surface area (Å²) in [7, 11) is 1.17. The van der Waals surface area contributed by atoms with Crippen LogP contribution in [0.2, 0.25) is 0 Å². The van der Waals surface area contributed by atoms with Crippen molar-refractivity contribution in [3.05, 3.63) is 40.4 Å². The zero-order valence-electron chi connectivity index (χ0n) is 9.51. The van der Waals surface area contributed by atoms with Gasteiger partial charge in [0.2, 0.25) is 5.92 Å². The van der Waals surface area contributed by atoms with Crippen molar-refractivity contribution in [2.75, 3.05) is 7.11 Å². The number of hydrogen-bond donors (Lipinski definition) is 1. The molecule has 0 spiro atoms. The molecule has 1 aromatic heterocycles. The van der Waals surface area contributed by atoms with Crippen molar-refractivity contribution in [3.8, 4) is 6.07 Å². The number of esters is 1. The van der Waals surface area contributed by atoms with Crippen LogP contribution < -0.4 is 5.56 Å². The summed E-state index contributed by atoms with van der Waals surface area (Å²) in [5.41, 5.74) is 0.0418. The normalized spacial score (nSPS) is 11.8. The molecule has 90 valence electrons. The largest absolute Gasteiger partial charge is 0.468 e. The molecule has 0 fully saturated rings. The molecule has 0 aliphatic heterocycles. The molecule has 1 atom stereocenters. The molecule has 18 heavy (non-hydrogen) atoms. The van der Waals surface area contributed by atoms with Gasteiger partial charge in [-0.25, -0.2) is 4.98 Å². The van der Waals surface area contributed by atoms with Crippen LogP contribution in [0.4, 0.5) is 0 Å². The number of fused-ring (bicyclic) bond motifs is 1. The van der Waals surface area contributed by atoms with Gasteiger partial charge in [0, 0.05) is 0 Å². The molecule has 1 N–H and O–H groups in total. The molecule has 0 aliphatic carbocycles. The summed E-state index contributed by atoms with van der Waals surface area (Å²) in [6, 6.07) is 8.44. The van der Waals surface area contributed by atoms with E-state index in [4.69, 9.17) is 5.26 Å². The lowest BCUT2D eigenvalue weighted by molar-refractivity contribution is -0.141. The van der Waals surface area contributed by atoms with E-state index in [2.05, 4.69) is 14.7 Å². The number of rotatable bonds is 2. The molecule has 6 nitrogen and oxygen atoms in total. The van der Waals surface area contributed by atoms with E-state index in [1.54, 1.807) is 30.3 Å². The van der Waals surface area contributed by atoms with Crippen molar-refractivity contribution in [1.29, 1.82) is 5.26 Å². The van der Waals surface area contributed by atoms with Gasteiger partial charge in [0.1, 0.15) is 5.82 Å². The third kappa shape index (κ3) is 1.94. The average molecular weight is 243 g/mol. The van der Waals surface area contributed by atoms with E-state index in [-0.39, 0.29) is 11.4 Å². The number of carbonyl (C=O) groups is 1. The molecular weight excluding hydrogens is 234 g/mol. The van der Waals surface area contributed by atoms with E-state index >= 15 is 0 Å². The number of nitriles is 1. The molecule has 0 aliphatic rings. The third-order valence-electron chi connectivity index (χ3n) is 2.47.